The highest BCUT2D eigenvalue weighted by molar-refractivity contribution is 9.10. The van der Waals surface area contributed by atoms with E-state index in [4.69, 9.17) is 0 Å². The van der Waals surface area contributed by atoms with E-state index in [9.17, 15) is 14.0 Å². The summed E-state index contributed by atoms with van der Waals surface area (Å²) in [6.45, 7) is 2.37. The van der Waals surface area contributed by atoms with Gasteiger partial charge in [0.05, 0.1) is 4.47 Å². The average Bonchev–Trinajstić information content (AvgIpc) is 2.40. The molecule has 0 unspecified atom stereocenters. The molecule has 1 rings (SSSR count). The standard InChI is InChI=1S/C14H18BrFN2O2/c1-4-7-18(9-13(19)17(2)3)14(20)10-5-6-11(15)12(16)8-10/h5-6,8H,4,7,9H2,1-3H3. The average molecular weight is 345 g/mol. The Morgan fingerprint density at radius 3 is 2.45 bits per heavy atom. The van der Waals surface area contributed by atoms with Crippen LogP contribution in [-0.4, -0.2) is 48.8 Å². The second-order valence-corrected chi connectivity index (χ2v) is 5.50. The van der Waals surface area contributed by atoms with Crippen molar-refractivity contribution in [1.29, 1.82) is 0 Å². The number of hydrogen-bond acceptors (Lipinski definition) is 2. The van der Waals surface area contributed by atoms with E-state index in [1.165, 1.54) is 28.0 Å². The number of amides is 2. The number of rotatable bonds is 5. The zero-order valence-corrected chi connectivity index (χ0v) is 13.4. The third-order valence-corrected chi connectivity index (χ3v) is 3.42. The first-order valence-corrected chi connectivity index (χ1v) is 7.10. The van der Waals surface area contributed by atoms with Crippen molar-refractivity contribution in [3.63, 3.8) is 0 Å². The largest absolute Gasteiger partial charge is 0.347 e. The van der Waals surface area contributed by atoms with E-state index in [1.54, 1.807) is 14.1 Å². The van der Waals surface area contributed by atoms with E-state index in [1.807, 2.05) is 6.92 Å². The summed E-state index contributed by atoms with van der Waals surface area (Å²) >= 11 is 3.04. The predicted octanol–water partition coefficient (Wildman–Crippen LogP) is 2.53. The molecule has 4 nitrogen and oxygen atoms in total. The molecule has 110 valence electrons. The molecule has 0 aromatic heterocycles. The maximum Gasteiger partial charge on any atom is 0.254 e. The highest BCUT2D eigenvalue weighted by Gasteiger charge is 2.19. The molecule has 0 aliphatic carbocycles. The van der Waals surface area contributed by atoms with Crippen LogP contribution in [0.25, 0.3) is 0 Å². The molecule has 1 aromatic rings. The molecular weight excluding hydrogens is 327 g/mol. The lowest BCUT2D eigenvalue weighted by molar-refractivity contribution is -0.129. The molecule has 0 N–H and O–H groups in total. The molecular formula is C14H18BrFN2O2. The van der Waals surface area contributed by atoms with E-state index in [2.05, 4.69) is 15.9 Å². The van der Waals surface area contributed by atoms with Crippen LogP contribution < -0.4 is 0 Å². The van der Waals surface area contributed by atoms with Crippen molar-refractivity contribution in [3.05, 3.63) is 34.1 Å². The van der Waals surface area contributed by atoms with Crippen LogP contribution in [0.4, 0.5) is 4.39 Å². The number of carbonyl (C=O) groups is 2. The third-order valence-electron chi connectivity index (χ3n) is 2.77. The number of carbonyl (C=O) groups excluding carboxylic acids is 2. The highest BCUT2D eigenvalue weighted by atomic mass is 79.9. The van der Waals surface area contributed by atoms with Crippen LogP contribution in [0.5, 0.6) is 0 Å². The molecule has 0 radical (unpaired) electrons. The fourth-order valence-electron chi connectivity index (χ4n) is 1.64. The molecule has 0 atom stereocenters. The minimum Gasteiger partial charge on any atom is -0.347 e. The van der Waals surface area contributed by atoms with Crippen LogP contribution >= 0.6 is 15.9 Å². The van der Waals surface area contributed by atoms with Gasteiger partial charge in [-0.2, -0.15) is 0 Å². The number of benzene rings is 1. The monoisotopic (exact) mass is 344 g/mol. The van der Waals surface area contributed by atoms with Gasteiger partial charge in [-0.3, -0.25) is 9.59 Å². The molecule has 0 aliphatic rings. The minimum atomic E-state index is -0.494. The van der Waals surface area contributed by atoms with E-state index in [0.29, 0.717) is 11.0 Å². The summed E-state index contributed by atoms with van der Waals surface area (Å²) in [5.74, 6) is -0.996. The van der Waals surface area contributed by atoms with Crippen LogP contribution in [0.1, 0.15) is 23.7 Å². The number of hydrogen-bond donors (Lipinski definition) is 0. The Labute approximate surface area is 126 Å². The molecule has 6 heteroatoms. The van der Waals surface area contributed by atoms with Crippen LogP contribution in [0.3, 0.4) is 0 Å². The Morgan fingerprint density at radius 2 is 1.95 bits per heavy atom. The first kappa shape index (κ1) is 16.6. The van der Waals surface area contributed by atoms with E-state index < -0.39 is 5.82 Å². The Kier molecular flexibility index (Phi) is 6.13. The van der Waals surface area contributed by atoms with Crippen LogP contribution in [0, 0.1) is 5.82 Å². The van der Waals surface area contributed by atoms with Crippen LogP contribution in [0.2, 0.25) is 0 Å². The van der Waals surface area contributed by atoms with Gasteiger partial charge in [0.2, 0.25) is 5.91 Å². The van der Waals surface area contributed by atoms with E-state index in [-0.39, 0.29) is 23.9 Å². The van der Waals surface area contributed by atoms with Gasteiger partial charge in [0.25, 0.3) is 5.91 Å². The smallest absolute Gasteiger partial charge is 0.254 e. The highest BCUT2D eigenvalue weighted by Crippen LogP contribution is 2.17. The molecule has 0 aliphatic heterocycles. The number of likely N-dealkylation sites (N-methyl/N-ethyl adjacent to an activating group) is 1. The van der Waals surface area contributed by atoms with Gasteiger partial charge in [-0.15, -0.1) is 0 Å². The Bertz CT molecular complexity index is 506. The topological polar surface area (TPSA) is 40.6 Å². The molecule has 0 spiro atoms. The lowest BCUT2D eigenvalue weighted by atomic mass is 10.2. The van der Waals surface area contributed by atoms with Gasteiger partial charge in [0.15, 0.2) is 0 Å². The first-order chi connectivity index (χ1) is 9.36. The Morgan fingerprint density at radius 1 is 1.30 bits per heavy atom. The van der Waals surface area contributed by atoms with Crippen molar-refractivity contribution < 1.29 is 14.0 Å². The summed E-state index contributed by atoms with van der Waals surface area (Å²) in [6, 6.07) is 4.20. The predicted molar refractivity (Wildman–Crippen MR) is 79.0 cm³/mol. The van der Waals surface area contributed by atoms with Crippen molar-refractivity contribution in [1.82, 2.24) is 9.80 Å². The molecule has 0 heterocycles. The zero-order valence-electron chi connectivity index (χ0n) is 11.8. The quantitative estimate of drug-likeness (QED) is 0.823. The van der Waals surface area contributed by atoms with Crippen molar-refractivity contribution in [2.75, 3.05) is 27.2 Å². The zero-order chi connectivity index (χ0) is 15.3. The normalized spacial score (nSPS) is 10.2. The summed E-state index contributed by atoms with van der Waals surface area (Å²) in [6.07, 6.45) is 0.728. The fourth-order valence-corrected chi connectivity index (χ4v) is 1.89. The SMILES string of the molecule is CCCN(CC(=O)N(C)C)C(=O)c1ccc(Br)c(F)c1. The van der Waals surface area contributed by atoms with Crippen molar-refractivity contribution in [2.45, 2.75) is 13.3 Å². The second-order valence-electron chi connectivity index (χ2n) is 4.64. The van der Waals surface area contributed by atoms with Gasteiger partial charge >= 0.3 is 0 Å². The maximum absolute atomic E-state index is 13.5. The van der Waals surface area contributed by atoms with Crippen LogP contribution in [-0.2, 0) is 4.79 Å². The molecule has 0 bridgehead atoms. The Balaban J connectivity index is 2.92. The summed E-state index contributed by atoms with van der Waals surface area (Å²) < 4.78 is 13.8. The molecule has 0 saturated heterocycles. The lowest BCUT2D eigenvalue weighted by Gasteiger charge is -2.23. The van der Waals surface area contributed by atoms with E-state index >= 15 is 0 Å². The first-order valence-electron chi connectivity index (χ1n) is 6.31. The van der Waals surface area contributed by atoms with Gasteiger partial charge in [-0.1, -0.05) is 6.92 Å². The van der Waals surface area contributed by atoms with Crippen molar-refractivity contribution in [2.24, 2.45) is 0 Å². The van der Waals surface area contributed by atoms with Gasteiger partial charge < -0.3 is 9.80 Å². The third kappa shape index (κ3) is 4.30. The maximum atomic E-state index is 13.5. The van der Waals surface area contributed by atoms with Crippen molar-refractivity contribution in [3.8, 4) is 0 Å². The molecule has 20 heavy (non-hydrogen) atoms. The second kappa shape index (κ2) is 7.38. The summed E-state index contributed by atoms with van der Waals surface area (Å²) in [7, 11) is 3.27. The van der Waals surface area contributed by atoms with Gasteiger partial charge in [-0.25, -0.2) is 4.39 Å². The lowest BCUT2D eigenvalue weighted by Crippen LogP contribution is -2.40. The fraction of sp³-hybridized carbons (Fsp3) is 0.429. The molecule has 1 aromatic carbocycles. The number of halogens is 2. The molecule has 0 fully saturated rings. The molecule has 0 saturated carbocycles. The summed E-state index contributed by atoms with van der Waals surface area (Å²) in [4.78, 5) is 26.9. The molecule has 2 amide bonds. The number of nitrogens with zero attached hydrogens (tertiary/aromatic N) is 2. The van der Waals surface area contributed by atoms with Crippen LogP contribution in [0.15, 0.2) is 22.7 Å². The summed E-state index contributed by atoms with van der Waals surface area (Å²) in [5, 5.41) is 0. The Hall–Kier alpha value is -1.43. The minimum absolute atomic E-state index is 0.00262. The summed E-state index contributed by atoms with van der Waals surface area (Å²) in [5.41, 5.74) is 0.241. The van der Waals surface area contributed by atoms with Gasteiger partial charge in [-0.05, 0) is 40.5 Å². The van der Waals surface area contributed by atoms with Gasteiger partial charge in [0, 0.05) is 26.2 Å². The van der Waals surface area contributed by atoms with E-state index in [0.717, 1.165) is 6.42 Å². The van der Waals surface area contributed by atoms with Gasteiger partial charge in [0.1, 0.15) is 12.4 Å². The van der Waals surface area contributed by atoms with Crippen molar-refractivity contribution >= 4 is 27.7 Å².